The van der Waals surface area contributed by atoms with Gasteiger partial charge in [0.25, 0.3) is 6.43 Å². The highest BCUT2D eigenvalue weighted by molar-refractivity contribution is 5.82. The number of ether oxygens (including phenoxy) is 3. The average Bonchev–Trinajstić information content (AvgIpc) is 3.01. The molecule has 0 heterocycles. The number of carboxylic acids is 1. The Morgan fingerprint density at radius 1 is 0.841 bits per heavy atom. The van der Waals surface area contributed by atoms with E-state index in [-0.39, 0.29) is 5.75 Å². The van der Waals surface area contributed by atoms with Crippen LogP contribution in [0.3, 0.4) is 0 Å². The average molecular weight is 631 g/mol. The number of methoxy groups -OCH3 is 1. The zero-order valence-electron chi connectivity index (χ0n) is 25.6. The molecule has 3 rings (SSSR count). The van der Waals surface area contributed by atoms with Crippen molar-refractivity contribution in [2.24, 2.45) is 0 Å². The van der Waals surface area contributed by atoms with Crippen molar-refractivity contribution in [3.05, 3.63) is 95.1 Å². The Morgan fingerprint density at radius 3 is 1.91 bits per heavy atom. The van der Waals surface area contributed by atoms with E-state index in [4.69, 9.17) is 14.6 Å². The van der Waals surface area contributed by atoms with Crippen molar-refractivity contribution in [2.45, 2.75) is 59.2 Å². The summed E-state index contributed by atoms with van der Waals surface area (Å²) < 4.78 is 84.3. The Balaban J connectivity index is 0.000000804. The van der Waals surface area contributed by atoms with Crippen molar-refractivity contribution in [2.75, 3.05) is 21.5 Å². The van der Waals surface area contributed by atoms with Gasteiger partial charge in [-0.05, 0) is 90.1 Å². The number of hydrogen-bond acceptors (Lipinski definition) is 4. The van der Waals surface area contributed by atoms with Crippen molar-refractivity contribution in [1.29, 1.82) is 0 Å². The molecule has 0 bridgehead atoms. The predicted octanol–water partition coefficient (Wildman–Crippen LogP) is 9.35. The summed E-state index contributed by atoms with van der Waals surface area (Å²) >= 11 is 0. The Morgan fingerprint density at radius 2 is 1.43 bits per heavy atom. The van der Waals surface area contributed by atoms with Gasteiger partial charge < -0.3 is 19.3 Å². The first kappa shape index (κ1) is 39.8. The number of alkyl halides is 6. The fourth-order valence-electron chi connectivity index (χ4n) is 3.89. The van der Waals surface area contributed by atoms with Crippen LogP contribution in [0.25, 0.3) is 5.57 Å². The number of benzene rings is 3. The van der Waals surface area contributed by atoms with E-state index in [9.17, 15) is 31.1 Å². The van der Waals surface area contributed by atoms with Gasteiger partial charge in [0.15, 0.2) is 6.10 Å². The Labute approximate surface area is 255 Å². The van der Waals surface area contributed by atoms with Crippen LogP contribution in [-0.4, -0.2) is 51.7 Å². The van der Waals surface area contributed by atoms with Gasteiger partial charge >= 0.3 is 12.6 Å². The first-order valence-electron chi connectivity index (χ1n) is 13.5. The topological polar surface area (TPSA) is 65.0 Å². The van der Waals surface area contributed by atoms with Crippen LogP contribution in [0.4, 0.5) is 26.3 Å². The Bertz CT molecular complexity index is 1250. The van der Waals surface area contributed by atoms with Gasteiger partial charge in [-0.1, -0.05) is 50.6 Å². The third kappa shape index (κ3) is 14.3. The number of allylic oxidation sites excluding steroid dienone is 1. The number of aryl methyl sites for hydroxylation is 2. The first-order valence-corrected chi connectivity index (χ1v) is 13.5. The number of aliphatic carboxylic acids is 1. The standard InChI is InChI=1S/C18H16F4O2.C13H18O3.2CH3F/c1-11-9-14(24-18(21)22)7-8-15(11)16(10-17(19)20)12-3-5-13(23-2)6-4-12;1-3-6-10-7-5-8-11(9-10)16-12(4-2)13(14)15;2*1-2/h3-10,17-18H,1-2H3;5,7-9,12H,3-4,6H2,1-2H3,(H,14,15);2*1H3/b16-10+;;;. The smallest absolute Gasteiger partial charge is 0.387 e. The van der Waals surface area contributed by atoms with Crippen LogP contribution in [-0.2, 0) is 11.2 Å². The first-order chi connectivity index (χ1) is 21.1. The normalized spacial score (nSPS) is 11.2. The summed E-state index contributed by atoms with van der Waals surface area (Å²) in [6.45, 7) is 2.62. The predicted molar refractivity (Wildman–Crippen MR) is 161 cm³/mol. The molecule has 1 N–H and O–H groups in total. The molecule has 0 fully saturated rings. The molecule has 44 heavy (non-hydrogen) atoms. The lowest BCUT2D eigenvalue weighted by Gasteiger charge is -2.14. The number of halogens is 6. The lowest BCUT2D eigenvalue weighted by atomic mass is 9.94. The maximum absolute atomic E-state index is 13.0. The van der Waals surface area contributed by atoms with Crippen molar-refractivity contribution in [3.8, 4) is 17.2 Å². The molecule has 3 aromatic carbocycles. The van der Waals surface area contributed by atoms with E-state index in [1.165, 1.54) is 30.9 Å². The summed E-state index contributed by atoms with van der Waals surface area (Å²) in [7, 11) is 2.51. The monoisotopic (exact) mass is 630 g/mol. The van der Waals surface area contributed by atoms with Crippen LogP contribution >= 0.6 is 0 Å². The van der Waals surface area contributed by atoms with Gasteiger partial charge in [0, 0.05) is 0 Å². The number of carbonyl (C=O) groups is 1. The van der Waals surface area contributed by atoms with Crippen LogP contribution in [0.5, 0.6) is 17.2 Å². The van der Waals surface area contributed by atoms with Gasteiger partial charge in [0.2, 0.25) is 0 Å². The van der Waals surface area contributed by atoms with E-state index in [0.29, 0.717) is 54.5 Å². The summed E-state index contributed by atoms with van der Waals surface area (Å²) in [6, 6.07) is 18.5. The van der Waals surface area contributed by atoms with E-state index >= 15 is 0 Å². The largest absolute Gasteiger partial charge is 0.497 e. The van der Waals surface area contributed by atoms with Gasteiger partial charge in [0.05, 0.1) is 21.5 Å². The molecule has 0 aliphatic carbocycles. The molecule has 0 aliphatic heterocycles. The minimum atomic E-state index is -2.94. The van der Waals surface area contributed by atoms with Crippen molar-refractivity contribution < 1.29 is 50.5 Å². The Kier molecular flexibility index (Phi) is 20.3. The lowest BCUT2D eigenvalue weighted by Crippen LogP contribution is -2.25. The van der Waals surface area contributed by atoms with Gasteiger partial charge in [-0.2, -0.15) is 8.78 Å². The second-order valence-electron chi connectivity index (χ2n) is 8.75. The molecule has 1 atom stereocenters. The molecule has 0 aromatic heterocycles. The van der Waals surface area contributed by atoms with Gasteiger partial charge in [0.1, 0.15) is 17.2 Å². The van der Waals surface area contributed by atoms with E-state index in [1.54, 1.807) is 44.2 Å². The van der Waals surface area contributed by atoms with E-state index < -0.39 is 25.1 Å². The molecule has 0 saturated heterocycles. The van der Waals surface area contributed by atoms with Gasteiger partial charge in [-0.15, -0.1) is 0 Å². The Hall–Kier alpha value is -4.15. The molecule has 1 unspecified atom stereocenters. The molecule has 244 valence electrons. The number of rotatable bonds is 12. The third-order valence-corrected chi connectivity index (χ3v) is 5.77. The van der Waals surface area contributed by atoms with Crippen LogP contribution in [0.2, 0.25) is 0 Å². The van der Waals surface area contributed by atoms with Crippen LogP contribution in [0, 0.1) is 6.92 Å². The lowest BCUT2D eigenvalue weighted by molar-refractivity contribution is -0.145. The molecule has 0 saturated carbocycles. The van der Waals surface area contributed by atoms with Crippen molar-refractivity contribution in [3.63, 3.8) is 0 Å². The molecule has 5 nitrogen and oxygen atoms in total. The second kappa shape index (κ2) is 22.4. The van der Waals surface area contributed by atoms with E-state index in [0.717, 1.165) is 18.9 Å². The highest BCUT2D eigenvalue weighted by atomic mass is 19.3. The second-order valence-corrected chi connectivity index (χ2v) is 8.75. The van der Waals surface area contributed by atoms with E-state index in [1.807, 2.05) is 18.2 Å². The molecule has 3 aromatic rings. The molecular weight excluding hydrogens is 590 g/mol. The summed E-state index contributed by atoms with van der Waals surface area (Å²) in [5.74, 6) is 0.313. The third-order valence-electron chi connectivity index (χ3n) is 5.77. The molecular formula is C33H40F6O5. The zero-order chi connectivity index (χ0) is 33.7. The number of hydrogen-bond donors (Lipinski definition) is 1. The fourth-order valence-corrected chi connectivity index (χ4v) is 3.89. The highest BCUT2D eigenvalue weighted by Crippen LogP contribution is 2.31. The van der Waals surface area contributed by atoms with Crippen LogP contribution in [0.1, 0.15) is 48.9 Å². The fraction of sp³-hybridized carbons (Fsp3) is 0.364. The van der Waals surface area contributed by atoms with Crippen molar-refractivity contribution >= 4 is 11.5 Å². The summed E-state index contributed by atoms with van der Waals surface area (Å²) in [4.78, 5) is 10.8. The van der Waals surface area contributed by atoms with Crippen LogP contribution < -0.4 is 14.2 Å². The highest BCUT2D eigenvalue weighted by Gasteiger charge is 2.17. The molecule has 11 heteroatoms. The molecule has 0 amide bonds. The van der Waals surface area contributed by atoms with Gasteiger partial charge in [-0.3, -0.25) is 8.78 Å². The summed E-state index contributed by atoms with van der Waals surface area (Å²) in [6.07, 6.45) is -0.0541. The summed E-state index contributed by atoms with van der Waals surface area (Å²) in [5.41, 5.74) is 3.13. The maximum Gasteiger partial charge on any atom is 0.387 e. The summed E-state index contributed by atoms with van der Waals surface area (Å²) in [5, 5.41) is 8.88. The molecule has 0 radical (unpaired) electrons. The van der Waals surface area contributed by atoms with E-state index in [2.05, 4.69) is 11.7 Å². The quantitative estimate of drug-likeness (QED) is 0.202. The molecule has 0 aliphatic rings. The van der Waals surface area contributed by atoms with Crippen LogP contribution in [0.15, 0.2) is 72.8 Å². The number of carboxylic acid groups (broad SMARTS) is 1. The maximum atomic E-state index is 13.0. The zero-order valence-corrected chi connectivity index (χ0v) is 25.6. The minimum Gasteiger partial charge on any atom is -0.497 e. The SMILES string of the molecule is CCCc1cccc(OC(CC)C(=O)O)c1.CF.CF.COc1ccc(/C(=C\C(F)F)c2ccc(OC(F)F)cc2C)cc1. The molecule has 0 spiro atoms. The minimum absolute atomic E-state index is 0.0163. The van der Waals surface area contributed by atoms with Gasteiger partial charge in [-0.25, -0.2) is 13.6 Å². The van der Waals surface area contributed by atoms with Crippen molar-refractivity contribution in [1.82, 2.24) is 0 Å².